The Labute approximate surface area is 141 Å². The van der Waals surface area contributed by atoms with Gasteiger partial charge in [0.05, 0.1) is 12.1 Å². The van der Waals surface area contributed by atoms with Gasteiger partial charge in [0.15, 0.2) is 0 Å². The summed E-state index contributed by atoms with van der Waals surface area (Å²) in [5.41, 5.74) is 3.88. The molecule has 21 heavy (non-hydrogen) atoms. The predicted molar refractivity (Wildman–Crippen MR) is 97.0 cm³/mol. The molecule has 2 nitrogen and oxygen atoms in total. The first kappa shape index (κ1) is 16.3. The highest BCUT2D eigenvalue weighted by Crippen LogP contribution is 2.29. The van der Waals surface area contributed by atoms with Crippen LogP contribution < -0.4 is 10.1 Å². The summed E-state index contributed by atoms with van der Waals surface area (Å²) in [6.45, 7) is 6.23. The summed E-state index contributed by atoms with van der Waals surface area (Å²) >= 11 is 2.43. The minimum absolute atomic E-state index is 0.199. The van der Waals surface area contributed by atoms with Crippen molar-refractivity contribution in [2.24, 2.45) is 0 Å². The van der Waals surface area contributed by atoms with Crippen molar-refractivity contribution in [1.82, 2.24) is 5.32 Å². The summed E-state index contributed by atoms with van der Waals surface area (Å²) in [4.78, 5) is 0. The summed E-state index contributed by atoms with van der Waals surface area (Å²) in [5.74, 6) is 0.919. The van der Waals surface area contributed by atoms with E-state index in [9.17, 15) is 0 Å². The third-order valence-corrected chi connectivity index (χ3v) is 4.88. The standard InChI is InChI=1S/C18H22INO/c1-12(2)21-15-10-8-14(9-11-15)18(20-4)16-7-5-6-13(3)17(16)19/h5-12,18,20H,1-4H3. The summed E-state index contributed by atoms with van der Waals surface area (Å²) in [6, 6.07) is 15.0. The molecule has 0 fully saturated rings. The van der Waals surface area contributed by atoms with Gasteiger partial charge in [0.1, 0.15) is 5.75 Å². The molecule has 0 bridgehead atoms. The number of ether oxygens (including phenoxy) is 1. The number of aryl methyl sites for hydroxylation is 1. The van der Waals surface area contributed by atoms with Gasteiger partial charge < -0.3 is 10.1 Å². The van der Waals surface area contributed by atoms with Crippen LogP contribution in [0, 0.1) is 10.5 Å². The van der Waals surface area contributed by atoms with Gasteiger partial charge in [-0.2, -0.15) is 0 Å². The highest BCUT2D eigenvalue weighted by molar-refractivity contribution is 14.1. The predicted octanol–water partition coefficient (Wildman–Crippen LogP) is 4.70. The molecule has 0 spiro atoms. The van der Waals surface area contributed by atoms with Gasteiger partial charge in [0.25, 0.3) is 0 Å². The second-order valence-corrected chi connectivity index (χ2v) is 6.51. The Hall–Kier alpha value is -1.07. The number of benzene rings is 2. The molecule has 0 amide bonds. The van der Waals surface area contributed by atoms with Crippen molar-refractivity contribution in [2.45, 2.75) is 32.9 Å². The van der Waals surface area contributed by atoms with Crippen LogP contribution in [0.15, 0.2) is 42.5 Å². The molecule has 1 unspecified atom stereocenters. The maximum Gasteiger partial charge on any atom is 0.119 e. The molecule has 1 atom stereocenters. The lowest BCUT2D eigenvalue weighted by atomic mass is 9.97. The highest BCUT2D eigenvalue weighted by Gasteiger charge is 2.15. The van der Waals surface area contributed by atoms with Crippen molar-refractivity contribution in [3.05, 3.63) is 62.7 Å². The third-order valence-electron chi connectivity index (χ3n) is 3.41. The number of halogens is 1. The Balaban J connectivity index is 2.31. The van der Waals surface area contributed by atoms with Crippen molar-refractivity contribution >= 4 is 22.6 Å². The number of hydrogen-bond acceptors (Lipinski definition) is 2. The van der Waals surface area contributed by atoms with E-state index in [1.54, 1.807) is 0 Å². The van der Waals surface area contributed by atoms with Crippen LogP contribution in [0.2, 0.25) is 0 Å². The van der Waals surface area contributed by atoms with Crippen molar-refractivity contribution < 1.29 is 4.74 Å². The van der Waals surface area contributed by atoms with E-state index < -0.39 is 0 Å². The molecule has 0 radical (unpaired) electrons. The largest absolute Gasteiger partial charge is 0.491 e. The zero-order valence-electron chi connectivity index (χ0n) is 13.0. The number of rotatable bonds is 5. The topological polar surface area (TPSA) is 21.3 Å². The van der Waals surface area contributed by atoms with Crippen LogP contribution >= 0.6 is 22.6 Å². The van der Waals surface area contributed by atoms with E-state index in [1.807, 2.05) is 33.0 Å². The lowest BCUT2D eigenvalue weighted by Crippen LogP contribution is -2.19. The number of nitrogens with one attached hydrogen (secondary N) is 1. The van der Waals surface area contributed by atoms with Gasteiger partial charge in [0.2, 0.25) is 0 Å². The molecule has 0 aliphatic heterocycles. The van der Waals surface area contributed by atoms with Crippen molar-refractivity contribution in [3.8, 4) is 5.75 Å². The van der Waals surface area contributed by atoms with Crippen LogP contribution in [0.1, 0.15) is 36.6 Å². The van der Waals surface area contributed by atoms with Gasteiger partial charge in [-0.1, -0.05) is 30.3 Å². The van der Waals surface area contributed by atoms with E-state index in [1.165, 1.54) is 20.3 Å². The monoisotopic (exact) mass is 395 g/mol. The van der Waals surface area contributed by atoms with Crippen molar-refractivity contribution in [3.63, 3.8) is 0 Å². The molecule has 2 aromatic carbocycles. The second-order valence-electron chi connectivity index (χ2n) is 5.44. The molecule has 2 rings (SSSR count). The van der Waals surface area contributed by atoms with Gasteiger partial charge >= 0.3 is 0 Å². The molecule has 0 aromatic heterocycles. The Kier molecular flexibility index (Phi) is 5.65. The van der Waals surface area contributed by atoms with E-state index >= 15 is 0 Å². The molecular weight excluding hydrogens is 373 g/mol. The average Bonchev–Trinajstić information content (AvgIpc) is 2.45. The van der Waals surface area contributed by atoms with Gasteiger partial charge in [-0.25, -0.2) is 0 Å². The van der Waals surface area contributed by atoms with Gasteiger partial charge in [0, 0.05) is 3.57 Å². The molecule has 0 aliphatic carbocycles. The molecular formula is C18H22INO. The molecule has 2 aromatic rings. The highest BCUT2D eigenvalue weighted by atomic mass is 127. The van der Waals surface area contributed by atoms with E-state index in [0.29, 0.717) is 0 Å². The summed E-state index contributed by atoms with van der Waals surface area (Å²) in [5, 5.41) is 3.42. The Morgan fingerprint density at radius 2 is 1.71 bits per heavy atom. The summed E-state index contributed by atoms with van der Waals surface area (Å²) in [7, 11) is 2.00. The first-order valence-electron chi connectivity index (χ1n) is 7.21. The molecule has 0 saturated carbocycles. The normalized spacial score (nSPS) is 12.5. The van der Waals surface area contributed by atoms with Crippen molar-refractivity contribution in [2.75, 3.05) is 7.05 Å². The molecule has 0 saturated heterocycles. The Bertz CT molecular complexity index is 593. The minimum Gasteiger partial charge on any atom is -0.491 e. The molecule has 0 aliphatic rings. The van der Waals surface area contributed by atoms with E-state index in [0.717, 1.165) is 5.75 Å². The maximum absolute atomic E-state index is 5.71. The molecule has 3 heteroatoms. The van der Waals surface area contributed by atoms with Gasteiger partial charge in [-0.15, -0.1) is 0 Å². The minimum atomic E-state index is 0.199. The second kappa shape index (κ2) is 7.27. The summed E-state index contributed by atoms with van der Waals surface area (Å²) < 4.78 is 7.03. The smallest absolute Gasteiger partial charge is 0.119 e. The SMILES string of the molecule is CNC(c1ccc(OC(C)C)cc1)c1cccc(C)c1I. The van der Waals surface area contributed by atoms with E-state index in [2.05, 4.69) is 65.2 Å². The van der Waals surface area contributed by atoms with Crippen molar-refractivity contribution in [1.29, 1.82) is 0 Å². The third kappa shape index (κ3) is 3.98. The fourth-order valence-electron chi connectivity index (χ4n) is 2.41. The zero-order valence-corrected chi connectivity index (χ0v) is 15.1. The quantitative estimate of drug-likeness (QED) is 0.742. The van der Waals surface area contributed by atoms with Gasteiger partial charge in [-0.05, 0) is 79.2 Å². The average molecular weight is 395 g/mol. The maximum atomic E-state index is 5.71. The van der Waals surface area contributed by atoms with Crippen LogP contribution in [0.5, 0.6) is 5.75 Å². The lowest BCUT2D eigenvalue weighted by molar-refractivity contribution is 0.242. The van der Waals surface area contributed by atoms with Crippen LogP contribution in [0.4, 0.5) is 0 Å². The van der Waals surface area contributed by atoms with E-state index in [4.69, 9.17) is 4.74 Å². The first-order valence-corrected chi connectivity index (χ1v) is 8.29. The molecule has 1 N–H and O–H groups in total. The molecule has 0 heterocycles. The fourth-order valence-corrected chi connectivity index (χ4v) is 3.08. The Morgan fingerprint density at radius 1 is 1.05 bits per heavy atom. The first-order chi connectivity index (χ1) is 10.0. The summed E-state index contributed by atoms with van der Waals surface area (Å²) in [6.07, 6.45) is 0.202. The number of hydrogen-bond donors (Lipinski definition) is 1. The van der Waals surface area contributed by atoms with Crippen LogP contribution in [0.3, 0.4) is 0 Å². The Morgan fingerprint density at radius 3 is 2.29 bits per heavy atom. The van der Waals surface area contributed by atoms with Crippen LogP contribution in [0.25, 0.3) is 0 Å². The van der Waals surface area contributed by atoms with E-state index in [-0.39, 0.29) is 12.1 Å². The molecule has 112 valence electrons. The fraction of sp³-hybridized carbons (Fsp3) is 0.333. The zero-order chi connectivity index (χ0) is 15.4. The van der Waals surface area contributed by atoms with Gasteiger partial charge in [-0.3, -0.25) is 0 Å². The van der Waals surface area contributed by atoms with Crippen LogP contribution in [-0.2, 0) is 0 Å². The lowest BCUT2D eigenvalue weighted by Gasteiger charge is -2.20. The van der Waals surface area contributed by atoms with Crippen LogP contribution in [-0.4, -0.2) is 13.2 Å².